The van der Waals surface area contributed by atoms with Crippen molar-refractivity contribution in [2.45, 2.75) is 6.04 Å². The maximum absolute atomic E-state index is 9.36. The van der Waals surface area contributed by atoms with Crippen LogP contribution >= 0.6 is 27.3 Å². The van der Waals surface area contributed by atoms with E-state index in [1.807, 2.05) is 14.1 Å². The first-order valence-corrected chi connectivity index (χ1v) is 6.66. The number of ether oxygens (including phenoxy) is 1. The number of halogens is 1. The third-order valence-corrected chi connectivity index (χ3v) is 4.58. The summed E-state index contributed by atoms with van der Waals surface area (Å²) in [6, 6.07) is 4.63. The summed E-state index contributed by atoms with van der Waals surface area (Å²) in [5, 5.41) is 11.4. The Morgan fingerprint density at radius 1 is 1.62 bits per heavy atom. The van der Waals surface area contributed by atoms with E-state index in [-0.39, 0.29) is 11.5 Å². The molecule has 0 N–H and O–H groups in total. The highest BCUT2D eigenvalue weighted by Crippen LogP contribution is 2.45. The summed E-state index contributed by atoms with van der Waals surface area (Å²) in [6.45, 7) is 1.06. The smallest absolute Gasteiger partial charge is 0.124 e. The van der Waals surface area contributed by atoms with Crippen LogP contribution in [0, 0.1) is 16.7 Å². The molecule has 1 saturated heterocycles. The van der Waals surface area contributed by atoms with Gasteiger partial charge in [0.2, 0.25) is 0 Å². The quantitative estimate of drug-likeness (QED) is 0.861. The van der Waals surface area contributed by atoms with Gasteiger partial charge in [-0.3, -0.25) is 0 Å². The molecule has 0 bridgehead atoms. The van der Waals surface area contributed by atoms with Gasteiger partial charge in [0.25, 0.3) is 0 Å². The molecule has 5 heteroatoms. The molecule has 1 fully saturated rings. The molecule has 2 rings (SSSR count). The van der Waals surface area contributed by atoms with Gasteiger partial charge in [0.15, 0.2) is 0 Å². The summed E-state index contributed by atoms with van der Waals surface area (Å²) in [5.41, 5.74) is -0.381. The molecular formula is C11H13BrN2OS. The Hall–Kier alpha value is -0.410. The predicted molar refractivity (Wildman–Crippen MR) is 67.3 cm³/mol. The molecule has 0 aliphatic carbocycles. The van der Waals surface area contributed by atoms with Crippen LogP contribution in [0.15, 0.2) is 15.9 Å². The van der Waals surface area contributed by atoms with Crippen molar-refractivity contribution in [2.75, 3.05) is 27.3 Å². The second-order valence-electron chi connectivity index (χ2n) is 4.29. The molecule has 16 heavy (non-hydrogen) atoms. The average Bonchev–Trinajstić information content (AvgIpc) is 2.57. The van der Waals surface area contributed by atoms with Crippen LogP contribution in [0.4, 0.5) is 0 Å². The summed E-state index contributed by atoms with van der Waals surface area (Å²) in [5.74, 6) is 0. The minimum atomic E-state index is -0.381. The zero-order valence-electron chi connectivity index (χ0n) is 9.24. The zero-order chi connectivity index (χ0) is 11.8. The Labute approximate surface area is 108 Å². The van der Waals surface area contributed by atoms with Crippen LogP contribution in [0.2, 0.25) is 0 Å². The van der Waals surface area contributed by atoms with Gasteiger partial charge in [-0.15, -0.1) is 11.3 Å². The van der Waals surface area contributed by atoms with Gasteiger partial charge in [0.1, 0.15) is 5.41 Å². The van der Waals surface area contributed by atoms with Crippen molar-refractivity contribution in [2.24, 2.45) is 5.41 Å². The van der Waals surface area contributed by atoms with Crippen molar-refractivity contribution < 1.29 is 4.74 Å². The third kappa shape index (κ3) is 1.91. The Kier molecular flexibility index (Phi) is 3.36. The Balaban J connectivity index is 2.35. The standard InChI is InChI=1S/C11H13BrN2OS/c1-14(2)10(9-3-8(12)4-16-9)11(5-13)6-15-7-11/h3-4,10H,6-7H2,1-2H3. The van der Waals surface area contributed by atoms with Gasteiger partial charge >= 0.3 is 0 Å². The van der Waals surface area contributed by atoms with Crippen molar-refractivity contribution in [3.05, 3.63) is 20.8 Å². The molecule has 0 radical (unpaired) electrons. The van der Waals surface area contributed by atoms with E-state index in [1.54, 1.807) is 11.3 Å². The Morgan fingerprint density at radius 2 is 2.31 bits per heavy atom. The second-order valence-corrected chi connectivity index (χ2v) is 6.15. The normalized spacial score (nSPS) is 20.2. The molecule has 0 aromatic carbocycles. The van der Waals surface area contributed by atoms with Crippen LogP contribution in [0.5, 0.6) is 0 Å². The van der Waals surface area contributed by atoms with Gasteiger partial charge < -0.3 is 9.64 Å². The lowest BCUT2D eigenvalue weighted by molar-refractivity contribution is -0.115. The van der Waals surface area contributed by atoms with Crippen molar-refractivity contribution >= 4 is 27.3 Å². The maximum atomic E-state index is 9.36. The number of nitriles is 1. The third-order valence-electron chi connectivity index (χ3n) is 2.84. The van der Waals surface area contributed by atoms with E-state index >= 15 is 0 Å². The molecule has 0 spiro atoms. The average molecular weight is 301 g/mol. The number of hydrogen-bond donors (Lipinski definition) is 0. The van der Waals surface area contributed by atoms with Crippen LogP contribution in [-0.4, -0.2) is 32.2 Å². The van der Waals surface area contributed by atoms with E-state index < -0.39 is 0 Å². The van der Waals surface area contributed by atoms with Gasteiger partial charge in [0, 0.05) is 14.7 Å². The van der Waals surface area contributed by atoms with Crippen molar-refractivity contribution in [3.63, 3.8) is 0 Å². The summed E-state index contributed by atoms with van der Waals surface area (Å²) < 4.78 is 6.31. The lowest BCUT2D eigenvalue weighted by Gasteiger charge is -2.44. The van der Waals surface area contributed by atoms with Crippen LogP contribution < -0.4 is 0 Å². The molecule has 86 valence electrons. The number of hydrogen-bond acceptors (Lipinski definition) is 4. The molecule has 1 atom stereocenters. The van der Waals surface area contributed by atoms with Gasteiger partial charge in [0.05, 0.1) is 25.3 Å². The molecule has 1 aliphatic rings. The summed E-state index contributed by atoms with van der Waals surface area (Å²) >= 11 is 5.14. The van der Waals surface area contributed by atoms with E-state index in [0.717, 1.165) is 4.47 Å². The predicted octanol–water partition coefficient (Wildman–Crippen LogP) is 2.65. The maximum Gasteiger partial charge on any atom is 0.124 e. The van der Waals surface area contributed by atoms with Gasteiger partial charge in [-0.2, -0.15) is 5.26 Å². The molecule has 1 aromatic heterocycles. The van der Waals surface area contributed by atoms with Gasteiger partial charge in [-0.1, -0.05) is 0 Å². The monoisotopic (exact) mass is 300 g/mol. The zero-order valence-corrected chi connectivity index (χ0v) is 11.6. The van der Waals surface area contributed by atoms with Crippen LogP contribution in [0.25, 0.3) is 0 Å². The second kappa shape index (κ2) is 4.46. The first kappa shape index (κ1) is 12.1. The number of thiophene rings is 1. The summed E-state index contributed by atoms with van der Waals surface area (Å²) in [6.07, 6.45) is 0. The van der Waals surface area contributed by atoms with E-state index in [0.29, 0.717) is 13.2 Å². The minimum absolute atomic E-state index is 0.113. The molecule has 1 aromatic rings. The molecule has 2 heterocycles. The number of nitrogens with zero attached hydrogens (tertiary/aromatic N) is 2. The van der Waals surface area contributed by atoms with Crippen LogP contribution in [0.3, 0.4) is 0 Å². The van der Waals surface area contributed by atoms with E-state index in [1.165, 1.54) is 4.88 Å². The molecule has 3 nitrogen and oxygen atoms in total. The minimum Gasteiger partial charge on any atom is -0.378 e. The van der Waals surface area contributed by atoms with Crippen LogP contribution in [-0.2, 0) is 4.74 Å². The fourth-order valence-corrected chi connectivity index (χ4v) is 3.85. The largest absolute Gasteiger partial charge is 0.378 e. The van der Waals surface area contributed by atoms with Crippen LogP contribution in [0.1, 0.15) is 10.9 Å². The molecule has 1 aliphatic heterocycles. The number of rotatable bonds is 3. The lowest BCUT2D eigenvalue weighted by Crippen LogP contribution is -2.50. The summed E-state index contributed by atoms with van der Waals surface area (Å²) in [4.78, 5) is 3.31. The highest BCUT2D eigenvalue weighted by atomic mass is 79.9. The Bertz CT molecular complexity index is 420. The fraction of sp³-hybridized carbons (Fsp3) is 0.545. The van der Waals surface area contributed by atoms with E-state index in [9.17, 15) is 5.26 Å². The van der Waals surface area contributed by atoms with Crippen molar-refractivity contribution in [1.82, 2.24) is 4.90 Å². The van der Waals surface area contributed by atoms with Gasteiger partial charge in [-0.25, -0.2) is 0 Å². The van der Waals surface area contributed by atoms with E-state index in [4.69, 9.17) is 4.74 Å². The lowest BCUT2D eigenvalue weighted by atomic mass is 9.78. The van der Waals surface area contributed by atoms with Gasteiger partial charge in [-0.05, 0) is 36.1 Å². The molecule has 1 unspecified atom stereocenters. The van der Waals surface area contributed by atoms with E-state index in [2.05, 4.69) is 38.3 Å². The van der Waals surface area contributed by atoms with Crippen molar-refractivity contribution in [3.8, 4) is 6.07 Å². The van der Waals surface area contributed by atoms with Crippen molar-refractivity contribution in [1.29, 1.82) is 5.26 Å². The Morgan fingerprint density at radius 3 is 2.62 bits per heavy atom. The fourth-order valence-electron chi connectivity index (χ4n) is 2.10. The highest BCUT2D eigenvalue weighted by Gasteiger charge is 2.48. The molecular weight excluding hydrogens is 288 g/mol. The first-order valence-electron chi connectivity index (χ1n) is 4.98. The first-order chi connectivity index (χ1) is 7.59. The highest BCUT2D eigenvalue weighted by molar-refractivity contribution is 9.10. The SMILES string of the molecule is CN(C)C(c1cc(Br)cs1)C1(C#N)COC1. The topological polar surface area (TPSA) is 36.3 Å². The molecule has 0 saturated carbocycles. The summed E-state index contributed by atoms with van der Waals surface area (Å²) in [7, 11) is 4.02. The molecule has 0 amide bonds.